The van der Waals surface area contributed by atoms with Gasteiger partial charge in [0.05, 0.1) is 31.9 Å². The standard InChI is InChI=1S/C32H44N2O6/c1-7-11-19-40-26-15-12-23(21-27(26)38-6)29-28(31(36)32(37)34(29)17-16-33(9-3)10-4)30(35)24-13-14-25(22(5)20-24)39-18-8-2/h12-15,20-21,29,35H,7-11,16-19H2,1-6H3/b30-28+. The van der Waals surface area contributed by atoms with Crippen LogP contribution in [0.15, 0.2) is 42.0 Å². The van der Waals surface area contributed by atoms with E-state index >= 15 is 0 Å². The first-order valence-electron chi connectivity index (χ1n) is 14.4. The van der Waals surface area contributed by atoms with E-state index in [-0.39, 0.29) is 11.3 Å². The Bertz CT molecular complexity index is 1200. The molecule has 1 N–H and O–H groups in total. The number of methoxy groups -OCH3 is 1. The largest absolute Gasteiger partial charge is 0.507 e. The number of rotatable bonds is 15. The predicted molar refractivity (Wildman–Crippen MR) is 157 cm³/mol. The Labute approximate surface area is 238 Å². The Hall–Kier alpha value is -3.52. The molecule has 8 nitrogen and oxygen atoms in total. The van der Waals surface area contributed by atoms with Crippen molar-refractivity contribution in [3.05, 3.63) is 58.7 Å². The molecule has 2 aromatic carbocycles. The molecule has 1 aliphatic heterocycles. The van der Waals surface area contributed by atoms with Gasteiger partial charge in [-0.15, -0.1) is 0 Å². The van der Waals surface area contributed by atoms with Crippen LogP contribution in [0.2, 0.25) is 0 Å². The Morgan fingerprint density at radius 2 is 1.62 bits per heavy atom. The normalized spacial score (nSPS) is 16.6. The molecule has 0 spiro atoms. The van der Waals surface area contributed by atoms with Gasteiger partial charge in [0.2, 0.25) is 0 Å². The molecular formula is C32H44N2O6. The highest BCUT2D eigenvalue weighted by molar-refractivity contribution is 6.46. The van der Waals surface area contributed by atoms with Crippen LogP contribution in [0.5, 0.6) is 17.2 Å². The van der Waals surface area contributed by atoms with Crippen molar-refractivity contribution in [2.45, 2.75) is 59.9 Å². The number of aliphatic hydroxyl groups is 1. The fraction of sp³-hybridized carbons (Fsp3) is 0.500. The molecule has 0 saturated carbocycles. The van der Waals surface area contributed by atoms with E-state index in [0.29, 0.717) is 48.9 Å². The molecule has 0 aromatic heterocycles. The number of hydrogen-bond acceptors (Lipinski definition) is 7. The lowest BCUT2D eigenvalue weighted by Crippen LogP contribution is -2.38. The Morgan fingerprint density at radius 3 is 2.25 bits per heavy atom. The van der Waals surface area contributed by atoms with Crippen molar-refractivity contribution in [1.29, 1.82) is 0 Å². The smallest absolute Gasteiger partial charge is 0.295 e. The van der Waals surface area contributed by atoms with E-state index in [1.165, 1.54) is 0 Å². The topological polar surface area (TPSA) is 88.5 Å². The van der Waals surface area contributed by atoms with Gasteiger partial charge >= 0.3 is 0 Å². The summed E-state index contributed by atoms with van der Waals surface area (Å²) in [7, 11) is 1.56. The third kappa shape index (κ3) is 6.97. The molecular weight excluding hydrogens is 508 g/mol. The van der Waals surface area contributed by atoms with Gasteiger partial charge in [-0.25, -0.2) is 0 Å². The number of ketones is 1. The third-order valence-electron chi connectivity index (χ3n) is 7.26. The summed E-state index contributed by atoms with van der Waals surface area (Å²) in [4.78, 5) is 30.6. The van der Waals surface area contributed by atoms with E-state index in [2.05, 4.69) is 25.7 Å². The summed E-state index contributed by atoms with van der Waals surface area (Å²) < 4.78 is 17.3. The Balaban J connectivity index is 2.10. The summed E-state index contributed by atoms with van der Waals surface area (Å²) in [5, 5.41) is 11.5. The van der Waals surface area contributed by atoms with E-state index in [1.54, 1.807) is 42.3 Å². The minimum absolute atomic E-state index is 0.0628. The summed E-state index contributed by atoms with van der Waals surface area (Å²) in [6.07, 6.45) is 2.80. The van der Waals surface area contributed by atoms with Crippen LogP contribution in [0, 0.1) is 6.92 Å². The molecule has 0 bridgehead atoms. The van der Waals surface area contributed by atoms with Gasteiger partial charge in [-0.1, -0.05) is 40.2 Å². The second-order valence-corrected chi connectivity index (χ2v) is 9.96. The molecule has 0 radical (unpaired) electrons. The molecule has 1 aliphatic rings. The number of unbranched alkanes of at least 4 members (excludes halogenated alkanes) is 1. The fourth-order valence-corrected chi connectivity index (χ4v) is 4.87. The molecule has 2 aromatic rings. The van der Waals surface area contributed by atoms with E-state index in [4.69, 9.17) is 14.2 Å². The first kappa shape index (κ1) is 31.0. The predicted octanol–water partition coefficient (Wildman–Crippen LogP) is 5.73. The number of hydrogen-bond donors (Lipinski definition) is 1. The van der Waals surface area contributed by atoms with Crippen LogP contribution in [0.4, 0.5) is 0 Å². The second kappa shape index (κ2) is 14.7. The number of aryl methyl sites for hydroxylation is 1. The van der Waals surface area contributed by atoms with Gasteiger partial charge in [0.15, 0.2) is 11.5 Å². The molecule has 1 saturated heterocycles. The summed E-state index contributed by atoms with van der Waals surface area (Å²) in [6, 6.07) is 9.96. The first-order chi connectivity index (χ1) is 19.3. The van der Waals surface area contributed by atoms with Crippen LogP contribution in [-0.4, -0.2) is 73.1 Å². The van der Waals surface area contributed by atoms with Crippen LogP contribution < -0.4 is 14.2 Å². The molecule has 1 atom stereocenters. The highest BCUT2D eigenvalue weighted by Gasteiger charge is 2.46. The van der Waals surface area contributed by atoms with Gasteiger partial charge in [-0.05, 0) is 74.3 Å². The maximum Gasteiger partial charge on any atom is 0.295 e. The SMILES string of the molecule is CCCCOc1ccc(C2/C(=C(\O)c3ccc(OCCC)c(C)c3)C(=O)C(=O)N2CCN(CC)CC)cc1OC. The number of ether oxygens (including phenoxy) is 3. The molecule has 1 amide bonds. The van der Waals surface area contributed by atoms with E-state index < -0.39 is 17.7 Å². The van der Waals surface area contributed by atoms with Crippen LogP contribution in [0.1, 0.15) is 69.7 Å². The van der Waals surface area contributed by atoms with Crippen LogP contribution in [0.25, 0.3) is 5.76 Å². The molecule has 8 heteroatoms. The second-order valence-electron chi connectivity index (χ2n) is 9.96. The van der Waals surface area contributed by atoms with Crippen molar-refractivity contribution in [3.63, 3.8) is 0 Å². The number of aliphatic hydroxyl groups excluding tert-OH is 1. The number of benzene rings is 2. The van der Waals surface area contributed by atoms with Crippen LogP contribution in [0.3, 0.4) is 0 Å². The molecule has 40 heavy (non-hydrogen) atoms. The summed E-state index contributed by atoms with van der Waals surface area (Å²) >= 11 is 0. The van der Waals surface area contributed by atoms with Crippen molar-refractivity contribution >= 4 is 17.4 Å². The van der Waals surface area contributed by atoms with Gasteiger partial charge in [-0.3, -0.25) is 9.59 Å². The average molecular weight is 553 g/mol. The number of likely N-dealkylation sites (tertiary alicyclic amines) is 1. The maximum atomic E-state index is 13.5. The molecule has 218 valence electrons. The van der Waals surface area contributed by atoms with Crippen LogP contribution in [-0.2, 0) is 9.59 Å². The maximum absolute atomic E-state index is 13.5. The van der Waals surface area contributed by atoms with Crippen molar-refractivity contribution in [2.75, 3.05) is 46.5 Å². The van der Waals surface area contributed by atoms with Gasteiger partial charge in [0, 0.05) is 18.7 Å². The van der Waals surface area contributed by atoms with Crippen molar-refractivity contribution in [3.8, 4) is 17.2 Å². The summed E-state index contributed by atoms with van der Waals surface area (Å²) in [5.74, 6) is 0.294. The minimum atomic E-state index is -0.773. The number of likely N-dealkylation sites (N-methyl/N-ethyl adjacent to an activating group) is 1. The summed E-state index contributed by atoms with van der Waals surface area (Å²) in [6.45, 7) is 13.9. The van der Waals surface area contributed by atoms with E-state index in [1.807, 2.05) is 19.9 Å². The quantitative estimate of drug-likeness (QED) is 0.131. The Morgan fingerprint density at radius 1 is 0.925 bits per heavy atom. The van der Waals surface area contributed by atoms with E-state index in [9.17, 15) is 14.7 Å². The van der Waals surface area contributed by atoms with Crippen molar-refractivity contribution in [2.24, 2.45) is 0 Å². The molecule has 1 fully saturated rings. The fourth-order valence-electron chi connectivity index (χ4n) is 4.87. The highest BCUT2D eigenvalue weighted by Crippen LogP contribution is 2.42. The molecule has 3 rings (SSSR count). The third-order valence-corrected chi connectivity index (χ3v) is 7.26. The molecule has 0 aliphatic carbocycles. The lowest BCUT2D eigenvalue weighted by molar-refractivity contribution is -0.140. The monoisotopic (exact) mass is 552 g/mol. The number of amides is 1. The number of Topliss-reactive ketones (excluding diaryl/α,β-unsaturated/α-hetero) is 1. The zero-order chi connectivity index (χ0) is 29.2. The Kier molecular flexibility index (Phi) is 11.4. The number of carbonyl (C=O) groups is 2. The average Bonchev–Trinajstić information content (AvgIpc) is 3.22. The zero-order valence-corrected chi connectivity index (χ0v) is 24.8. The van der Waals surface area contributed by atoms with Gasteiger partial charge in [-0.2, -0.15) is 0 Å². The summed E-state index contributed by atoms with van der Waals surface area (Å²) in [5.41, 5.74) is 2.02. The molecule has 1 heterocycles. The lowest BCUT2D eigenvalue weighted by atomic mass is 9.94. The van der Waals surface area contributed by atoms with Gasteiger partial charge in [0.1, 0.15) is 11.5 Å². The van der Waals surface area contributed by atoms with Crippen molar-refractivity contribution in [1.82, 2.24) is 9.80 Å². The molecule has 1 unspecified atom stereocenters. The highest BCUT2D eigenvalue weighted by atomic mass is 16.5. The van der Waals surface area contributed by atoms with Gasteiger partial charge in [0.25, 0.3) is 11.7 Å². The van der Waals surface area contributed by atoms with Crippen LogP contribution >= 0.6 is 0 Å². The minimum Gasteiger partial charge on any atom is -0.507 e. The zero-order valence-electron chi connectivity index (χ0n) is 24.8. The first-order valence-corrected chi connectivity index (χ1v) is 14.4. The lowest BCUT2D eigenvalue weighted by Gasteiger charge is -2.28. The van der Waals surface area contributed by atoms with Crippen molar-refractivity contribution < 1.29 is 28.9 Å². The number of nitrogens with zero attached hydrogens (tertiary/aromatic N) is 2. The van der Waals surface area contributed by atoms with Gasteiger partial charge < -0.3 is 29.1 Å². The number of carbonyl (C=O) groups excluding carboxylic acids is 2. The van der Waals surface area contributed by atoms with E-state index in [0.717, 1.165) is 43.7 Å².